The lowest BCUT2D eigenvalue weighted by Gasteiger charge is -2.29. The maximum atomic E-state index is 5.83. The van der Waals surface area contributed by atoms with Crippen molar-refractivity contribution in [1.29, 1.82) is 0 Å². The minimum atomic E-state index is -1.55. The summed E-state index contributed by atoms with van der Waals surface area (Å²) in [5.41, 5.74) is 1.03. The van der Waals surface area contributed by atoms with Gasteiger partial charge in [-0.3, -0.25) is 0 Å². The Labute approximate surface area is 82.0 Å². The van der Waals surface area contributed by atoms with Gasteiger partial charge in [-0.25, -0.2) is 0 Å². The van der Waals surface area contributed by atoms with E-state index in [2.05, 4.69) is 34.6 Å². The molecule has 0 bridgehead atoms. The van der Waals surface area contributed by atoms with Crippen LogP contribution in [0.4, 0.5) is 0 Å². The summed E-state index contributed by atoms with van der Waals surface area (Å²) in [7, 11) is 0. The summed E-state index contributed by atoms with van der Waals surface area (Å²) < 4.78 is 5.83. The van der Waals surface area contributed by atoms with E-state index in [-0.39, 0.29) is 0 Å². The fraction of sp³-hybridized carbons (Fsp3) is 1.00. The predicted molar refractivity (Wildman–Crippen MR) is 60.8 cm³/mol. The first-order chi connectivity index (χ1) is 5.45. The molecule has 0 rings (SSSR count). The van der Waals surface area contributed by atoms with E-state index in [0.29, 0.717) is 11.3 Å². The summed E-state index contributed by atoms with van der Waals surface area (Å²) in [6.07, 6.45) is -0.479. The third-order valence-electron chi connectivity index (χ3n) is 1.94. The first-order valence-electron chi connectivity index (χ1n) is 4.69. The average molecular weight is 208 g/mol. The van der Waals surface area contributed by atoms with Crippen molar-refractivity contribution < 1.29 is 4.52 Å². The van der Waals surface area contributed by atoms with Crippen molar-refractivity contribution in [1.82, 2.24) is 0 Å². The van der Waals surface area contributed by atoms with Gasteiger partial charge in [-0.15, -0.1) is 0 Å². The van der Waals surface area contributed by atoms with E-state index in [9.17, 15) is 0 Å². The van der Waals surface area contributed by atoms with Crippen LogP contribution in [0.25, 0.3) is 0 Å². The molecule has 12 heavy (non-hydrogen) atoms. The van der Waals surface area contributed by atoms with E-state index in [1.165, 1.54) is 0 Å². The van der Waals surface area contributed by atoms with E-state index in [1.54, 1.807) is 0 Å². The van der Waals surface area contributed by atoms with Crippen molar-refractivity contribution in [3.05, 3.63) is 0 Å². The van der Waals surface area contributed by atoms with Crippen LogP contribution in [0.2, 0.25) is 0 Å². The topological polar surface area (TPSA) is 9.23 Å². The zero-order valence-electron chi connectivity index (χ0n) is 8.83. The Morgan fingerprint density at radius 3 is 1.83 bits per heavy atom. The van der Waals surface area contributed by atoms with Crippen LogP contribution in [0.15, 0.2) is 0 Å². The lowest BCUT2D eigenvalue weighted by atomic mass is 10.5. The third-order valence-corrected chi connectivity index (χ3v) is 8.25. The molecule has 74 valence electrons. The van der Waals surface area contributed by atoms with E-state index >= 15 is 0 Å². The van der Waals surface area contributed by atoms with Gasteiger partial charge in [-0.05, 0) is 6.42 Å². The van der Waals surface area contributed by atoms with Crippen molar-refractivity contribution in [2.75, 3.05) is 6.61 Å². The highest BCUT2D eigenvalue weighted by atomic mass is 32.4. The molecular formula is C9H21OPS. The first kappa shape index (κ1) is 12.6. The second-order valence-corrected chi connectivity index (χ2v) is 8.99. The lowest BCUT2D eigenvalue weighted by Crippen LogP contribution is -2.11. The number of hydrogen-bond donors (Lipinski definition) is 0. The van der Waals surface area contributed by atoms with Crippen LogP contribution >= 0.6 is 6.26 Å². The zero-order valence-corrected chi connectivity index (χ0v) is 10.5. The van der Waals surface area contributed by atoms with E-state index in [1.807, 2.05) is 0 Å². The Morgan fingerprint density at radius 2 is 1.58 bits per heavy atom. The molecule has 0 saturated carbocycles. The average Bonchev–Trinajstić information content (AvgIpc) is 1.99. The fourth-order valence-electron chi connectivity index (χ4n) is 1.13. The molecule has 0 spiro atoms. The van der Waals surface area contributed by atoms with Gasteiger partial charge in [0.05, 0.1) is 12.9 Å². The molecule has 0 aromatic rings. The minimum absolute atomic E-state index is 0.513. The molecule has 3 heteroatoms. The van der Waals surface area contributed by atoms with Gasteiger partial charge in [0.25, 0.3) is 0 Å². The van der Waals surface area contributed by atoms with Gasteiger partial charge in [0.15, 0.2) is 0 Å². The molecule has 0 radical (unpaired) electrons. The summed E-state index contributed by atoms with van der Waals surface area (Å²) in [6.45, 7) is 11.7. The smallest absolute Gasteiger partial charge is 0.0721 e. The first-order valence-corrected chi connectivity index (χ1v) is 7.55. The monoisotopic (exact) mass is 208 g/mol. The summed E-state index contributed by atoms with van der Waals surface area (Å²) in [6, 6.07) is 0. The highest BCUT2D eigenvalue weighted by Crippen LogP contribution is 2.56. The molecule has 0 saturated heterocycles. The van der Waals surface area contributed by atoms with Gasteiger partial charge < -0.3 is 4.52 Å². The van der Waals surface area contributed by atoms with E-state index in [4.69, 9.17) is 16.3 Å². The Balaban J connectivity index is 4.31. The Kier molecular flexibility index (Phi) is 5.64. The molecule has 1 nitrogen and oxygen atoms in total. The minimum Gasteiger partial charge on any atom is -0.350 e. The van der Waals surface area contributed by atoms with E-state index < -0.39 is 6.26 Å². The molecule has 0 amide bonds. The highest BCUT2D eigenvalue weighted by Gasteiger charge is 2.25. The maximum Gasteiger partial charge on any atom is 0.0721 e. The largest absolute Gasteiger partial charge is 0.350 e. The SMILES string of the molecule is CCCOP(=S)(C(C)C)C(C)C. The molecule has 0 aromatic heterocycles. The molecule has 0 unspecified atom stereocenters. The number of hydrogen-bond acceptors (Lipinski definition) is 2. The molecule has 0 aliphatic heterocycles. The Hall–Kier alpha value is 0.610. The Bertz CT molecular complexity index is 154. The van der Waals surface area contributed by atoms with Gasteiger partial charge in [0.2, 0.25) is 0 Å². The van der Waals surface area contributed by atoms with Crippen LogP contribution in [0.5, 0.6) is 0 Å². The van der Waals surface area contributed by atoms with Crippen molar-refractivity contribution in [3.63, 3.8) is 0 Å². The molecule has 0 heterocycles. The molecule has 0 aliphatic carbocycles. The van der Waals surface area contributed by atoms with Crippen molar-refractivity contribution in [3.8, 4) is 0 Å². The summed E-state index contributed by atoms with van der Waals surface area (Å²) >= 11 is 5.60. The van der Waals surface area contributed by atoms with E-state index in [0.717, 1.165) is 13.0 Å². The fourth-order valence-corrected chi connectivity index (χ4v) is 3.61. The molecule has 0 aliphatic rings. The molecule has 0 N–H and O–H groups in total. The summed E-state index contributed by atoms with van der Waals surface area (Å²) in [5, 5.41) is 0. The van der Waals surface area contributed by atoms with Gasteiger partial charge >= 0.3 is 0 Å². The standard InChI is InChI=1S/C9H21OPS/c1-6-7-10-11(12,8(2)3)9(4)5/h8-9H,6-7H2,1-5H3. The molecule has 0 fully saturated rings. The van der Waals surface area contributed by atoms with Crippen LogP contribution < -0.4 is 0 Å². The Morgan fingerprint density at radius 1 is 1.17 bits per heavy atom. The van der Waals surface area contributed by atoms with Crippen LogP contribution in [-0.4, -0.2) is 17.9 Å². The predicted octanol–water partition coefficient (Wildman–Crippen LogP) is 3.62. The van der Waals surface area contributed by atoms with Crippen molar-refractivity contribution in [2.24, 2.45) is 0 Å². The molecule has 0 aromatic carbocycles. The normalized spacial score (nSPS) is 12.9. The maximum absolute atomic E-state index is 5.83. The van der Waals surface area contributed by atoms with Gasteiger partial charge in [0, 0.05) is 11.3 Å². The number of rotatable bonds is 5. The third kappa shape index (κ3) is 3.16. The molecular weight excluding hydrogens is 187 g/mol. The highest BCUT2D eigenvalue weighted by molar-refractivity contribution is 8.12. The van der Waals surface area contributed by atoms with Gasteiger partial charge in [-0.1, -0.05) is 46.4 Å². The zero-order chi connectivity index (χ0) is 9.78. The summed E-state index contributed by atoms with van der Waals surface area (Å²) in [5.74, 6) is 0. The van der Waals surface area contributed by atoms with Gasteiger partial charge in [-0.2, -0.15) is 0 Å². The summed E-state index contributed by atoms with van der Waals surface area (Å²) in [4.78, 5) is 0. The molecule has 0 atom stereocenters. The van der Waals surface area contributed by atoms with Crippen molar-refractivity contribution >= 4 is 18.1 Å². The van der Waals surface area contributed by atoms with Crippen LogP contribution in [0.1, 0.15) is 41.0 Å². The van der Waals surface area contributed by atoms with Crippen LogP contribution in [0, 0.1) is 0 Å². The van der Waals surface area contributed by atoms with Gasteiger partial charge in [0.1, 0.15) is 0 Å². The second-order valence-electron chi connectivity index (χ2n) is 3.67. The van der Waals surface area contributed by atoms with Crippen molar-refractivity contribution in [2.45, 2.75) is 52.4 Å². The van der Waals surface area contributed by atoms with Crippen LogP contribution in [-0.2, 0) is 16.3 Å². The quantitative estimate of drug-likeness (QED) is 0.638. The second kappa shape index (κ2) is 5.36. The lowest BCUT2D eigenvalue weighted by molar-refractivity contribution is 0.342. The van der Waals surface area contributed by atoms with Crippen LogP contribution in [0.3, 0.4) is 0 Å².